The third-order valence-corrected chi connectivity index (χ3v) is 3.81. The first-order valence-electron chi connectivity index (χ1n) is 6.99. The summed E-state index contributed by atoms with van der Waals surface area (Å²) in [5.41, 5.74) is 4.31. The number of aryl methyl sites for hydroxylation is 2. The van der Waals surface area contributed by atoms with Gasteiger partial charge in [0, 0.05) is 18.2 Å². The number of nitrogens with zero attached hydrogens (tertiary/aromatic N) is 3. The number of phenols is 1. The standard InChI is InChI=1S/C17H17N3O2/c1-11-6-7-12(17-19-18-10-20(17)2)8-14(11)13-4-3-5-16(22)15(13)9-21/h3-8,10,21-22H,9H2,1-2H3. The van der Waals surface area contributed by atoms with Crippen molar-refractivity contribution in [1.29, 1.82) is 0 Å². The summed E-state index contributed by atoms with van der Waals surface area (Å²) in [5, 5.41) is 27.5. The van der Waals surface area contributed by atoms with Crippen LogP contribution in [-0.2, 0) is 13.7 Å². The first kappa shape index (κ1) is 14.3. The van der Waals surface area contributed by atoms with Crippen LogP contribution >= 0.6 is 0 Å². The molecule has 1 heterocycles. The van der Waals surface area contributed by atoms with Crippen LogP contribution in [0.1, 0.15) is 11.1 Å². The van der Waals surface area contributed by atoms with E-state index in [4.69, 9.17) is 0 Å². The molecule has 3 rings (SSSR count). The highest BCUT2D eigenvalue weighted by Gasteiger charge is 2.13. The summed E-state index contributed by atoms with van der Waals surface area (Å²) in [6.07, 6.45) is 1.66. The minimum Gasteiger partial charge on any atom is -0.508 e. The van der Waals surface area contributed by atoms with Gasteiger partial charge in [0.15, 0.2) is 5.82 Å². The number of aliphatic hydroxyl groups is 1. The lowest BCUT2D eigenvalue weighted by atomic mass is 9.94. The van der Waals surface area contributed by atoms with E-state index in [0.29, 0.717) is 5.56 Å². The van der Waals surface area contributed by atoms with Crippen LogP contribution in [0.15, 0.2) is 42.7 Å². The van der Waals surface area contributed by atoms with Gasteiger partial charge < -0.3 is 14.8 Å². The lowest BCUT2D eigenvalue weighted by Crippen LogP contribution is -1.95. The smallest absolute Gasteiger partial charge is 0.163 e. The Labute approximate surface area is 128 Å². The average molecular weight is 295 g/mol. The maximum absolute atomic E-state index is 9.95. The van der Waals surface area contributed by atoms with Gasteiger partial charge in [-0.2, -0.15) is 0 Å². The van der Waals surface area contributed by atoms with Crippen LogP contribution in [0.5, 0.6) is 5.75 Å². The Morgan fingerprint density at radius 3 is 2.64 bits per heavy atom. The van der Waals surface area contributed by atoms with Crippen molar-refractivity contribution in [1.82, 2.24) is 14.8 Å². The van der Waals surface area contributed by atoms with Gasteiger partial charge in [-0.3, -0.25) is 0 Å². The first-order valence-corrected chi connectivity index (χ1v) is 6.99. The molecular formula is C17H17N3O2. The molecule has 5 heteroatoms. The molecule has 0 fully saturated rings. The van der Waals surface area contributed by atoms with E-state index in [1.807, 2.05) is 42.8 Å². The summed E-state index contributed by atoms with van der Waals surface area (Å²) in [7, 11) is 1.89. The van der Waals surface area contributed by atoms with Crippen LogP contribution in [-0.4, -0.2) is 25.0 Å². The Kier molecular flexibility index (Phi) is 3.65. The topological polar surface area (TPSA) is 71.2 Å². The van der Waals surface area contributed by atoms with Crippen LogP contribution in [0.3, 0.4) is 0 Å². The fourth-order valence-electron chi connectivity index (χ4n) is 2.59. The van der Waals surface area contributed by atoms with Crippen molar-refractivity contribution >= 4 is 0 Å². The van der Waals surface area contributed by atoms with Gasteiger partial charge in [-0.1, -0.05) is 24.3 Å². The van der Waals surface area contributed by atoms with Gasteiger partial charge in [-0.15, -0.1) is 10.2 Å². The Hall–Kier alpha value is -2.66. The highest BCUT2D eigenvalue weighted by atomic mass is 16.3. The van der Waals surface area contributed by atoms with E-state index in [2.05, 4.69) is 10.2 Å². The molecule has 0 saturated carbocycles. The third-order valence-electron chi connectivity index (χ3n) is 3.81. The molecule has 0 aliphatic heterocycles. The van der Waals surface area contributed by atoms with Gasteiger partial charge in [-0.25, -0.2) is 0 Å². The maximum atomic E-state index is 9.95. The number of benzene rings is 2. The Morgan fingerprint density at radius 2 is 1.95 bits per heavy atom. The average Bonchev–Trinajstić information content (AvgIpc) is 2.94. The number of hydrogen-bond donors (Lipinski definition) is 2. The molecule has 2 aromatic carbocycles. The van der Waals surface area contributed by atoms with Gasteiger partial charge in [0.1, 0.15) is 12.1 Å². The molecule has 112 valence electrons. The van der Waals surface area contributed by atoms with Crippen molar-refractivity contribution in [3.63, 3.8) is 0 Å². The quantitative estimate of drug-likeness (QED) is 0.779. The molecule has 0 unspecified atom stereocenters. The van der Waals surface area contributed by atoms with Crippen LogP contribution in [0.2, 0.25) is 0 Å². The van der Waals surface area contributed by atoms with E-state index in [0.717, 1.165) is 28.1 Å². The van der Waals surface area contributed by atoms with Gasteiger partial charge >= 0.3 is 0 Å². The van der Waals surface area contributed by atoms with Crippen LogP contribution < -0.4 is 0 Å². The maximum Gasteiger partial charge on any atom is 0.163 e. The van der Waals surface area contributed by atoms with Crippen LogP contribution in [0.4, 0.5) is 0 Å². The van der Waals surface area contributed by atoms with Gasteiger partial charge in [0.05, 0.1) is 6.61 Å². The van der Waals surface area contributed by atoms with E-state index in [1.165, 1.54) is 0 Å². The molecule has 22 heavy (non-hydrogen) atoms. The molecule has 0 saturated heterocycles. The Balaban J connectivity index is 2.20. The monoisotopic (exact) mass is 295 g/mol. The zero-order chi connectivity index (χ0) is 15.7. The van der Waals surface area contributed by atoms with E-state index in [9.17, 15) is 10.2 Å². The van der Waals surface area contributed by atoms with Gasteiger partial charge in [-0.05, 0) is 35.7 Å². The van der Waals surface area contributed by atoms with Crippen molar-refractivity contribution in [3.8, 4) is 28.3 Å². The predicted molar refractivity (Wildman–Crippen MR) is 84.2 cm³/mol. The van der Waals surface area contributed by atoms with Crippen molar-refractivity contribution in [2.24, 2.45) is 7.05 Å². The number of rotatable bonds is 3. The van der Waals surface area contributed by atoms with Crippen LogP contribution in [0.25, 0.3) is 22.5 Å². The summed E-state index contributed by atoms with van der Waals surface area (Å²) in [4.78, 5) is 0. The van der Waals surface area contributed by atoms with Crippen molar-refractivity contribution < 1.29 is 10.2 Å². The molecule has 0 amide bonds. The van der Waals surface area contributed by atoms with E-state index in [-0.39, 0.29) is 12.4 Å². The molecule has 3 aromatic rings. The summed E-state index contributed by atoms with van der Waals surface area (Å²) in [6.45, 7) is 1.79. The predicted octanol–water partition coefficient (Wildman–Crippen LogP) is 2.66. The molecule has 0 radical (unpaired) electrons. The van der Waals surface area contributed by atoms with Crippen LogP contribution in [0, 0.1) is 6.92 Å². The minimum atomic E-state index is -0.213. The second-order valence-electron chi connectivity index (χ2n) is 5.26. The molecule has 0 bridgehead atoms. The van der Waals surface area contributed by atoms with Gasteiger partial charge in [0.25, 0.3) is 0 Å². The second kappa shape index (κ2) is 5.61. The SMILES string of the molecule is Cc1ccc(-c2nncn2C)cc1-c1cccc(O)c1CO. The molecule has 2 N–H and O–H groups in total. The van der Waals surface area contributed by atoms with E-state index < -0.39 is 0 Å². The normalized spacial score (nSPS) is 10.9. The molecular weight excluding hydrogens is 278 g/mol. The zero-order valence-electron chi connectivity index (χ0n) is 12.5. The number of aromatic hydroxyl groups is 1. The fraction of sp³-hybridized carbons (Fsp3) is 0.176. The van der Waals surface area contributed by atoms with Crippen molar-refractivity contribution in [2.75, 3.05) is 0 Å². The van der Waals surface area contributed by atoms with E-state index >= 15 is 0 Å². The lowest BCUT2D eigenvalue weighted by molar-refractivity contribution is 0.276. The lowest BCUT2D eigenvalue weighted by Gasteiger charge is -2.13. The molecule has 5 nitrogen and oxygen atoms in total. The molecule has 0 atom stereocenters. The number of hydrogen-bond acceptors (Lipinski definition) is 4. The summed E-state index contributed by atoms with van der Waals surface area (Å²) in [6, 6.07) is 11.3. The summed E-state index contributed by atoms with van der Waals surface area (Å²) < 4.78 is 1.85. The number of aromatic nitrogens is 3. The highest BCUT2D eigenvalue weighted by Crippen LogP contribution is 2.34. The third kappa shape index (κ3) is 2.35. The Morgan fingerprint density at radius 1 is 1.14 bits per heavy atom. The van der Waals surface area contributed by atoms with E-state index in [1.54, 1.807) is 18.5 Å². The van der Waals surface area contributed by atoms with Gasteiger partial charge in [0.2, 0.25) is 0 Å². The molecule has 1 aromatic heterocycles. The minimum absolute atomic E-state index is 0.100. The number of aliphatic hydroxyl groups excluding tert-OH is 1. The van der Waals surface area contributed by atoms with Crippen molar-refractivity contribution in [3.05, 3.63) is 53.9 Å². The largest absolute Gasteiger partial charge is 0.508 e. The van der Waals surface area contributed by atoms with Crippen molar-refractivity contribution in [2.45, 2.75) is 13.5 Å². The zero-order valence-corrected chi connectivity index (χ0v) is 12.5. The Bertz CT molecular complexity index is 825. The summed E-state index contributed by atoms with van der Waals surface area (Å²) >= 11 is 0. The highest BCUT2D eigenvalue weighted by molar-refractivity contribution is 5.76. The fourth-order valence-corrected chi connectivity index (χ4v) is 2.59. The molecule has 0 aliphatic rings. The first-order chi connectivity index (χ1) is 10.6. The molecule has 0 aliphatic carbocycles. The molecule has 0 spiro atoms. The second-order valence-corrected chi connectivity index (χ2v) is 5.26. The summed E-state index contributed by atoms with van der Waals surface area (Å²) in [5.74, 6) is 0.871.